The Labute approximate surface area is 189 Å². The summed E-state index contributed by atoms with van der Waals surface area (Å²) in [4.78, 5) is 12.2. The molecule has 1 aromatic carbocycles. The zero-order valence-corrected chi connectivity index (χ0v) is 19.8. The number of aryl methyl sites for hydroxylation is 2. The molecule has 0 fully saturated rings. The molecule has 28 heavy (non-hydrogen) atoms. The summed E-state index contributed by atoms with van der Waals surface area (Å²) in [7, 11) is 0. The zero-order chi connectivity index (χ0) is 21.2. The van der Waals surface area contributed by atoms with Gasteiger partial charge in [-0.2, -0.15) is 0 Å². The first-order valence-electron chi connectivity index (χ1n) is 9.64. The molecule has 0 aliphatic heterocycles. The quantitative estimate of drug-likeness (QED) is 0.167. The first-order chi connectivity index (χ1) is 13.1. The van der Waals surface area contributed by atoms with E-state index in [1.165, 1.54) is 19.3 Å². The molecule has 8 heteroatoms. The van der Waals surface area contributed by atoms with Crippen molar-refractivity contribution in [1.82, 2.24) is 10.6 Å². The standard InChI is InChI=1S/C20H30Cl3N3OS/c1-4-5-6-7-8-9-10-17(27)25-18(20(21,22)23)26-19(28)24-16-13-14(2)11-12-15(16)3/h11-13,18H,4-10H2,1-3H3,(H,25,27)(H2,24,26,28)/t18-/m0/s1. The predicted molar refractivity (Wildman–Crippen MR) is 125 cm³/mol. The van der Waals surface area contributed by atoms with Crippen LogP contribution in [-0.2, 0) is 4.79 Å². The van der Waals surface area contributed by atoms with Crippen LogP contribution >= 0.6 is 47.0 Å². The molecule has 3 N–H and O–H groups in total. The first kappa shape index (κ1) is 25.3. The molecule has 0 aliphatic carbocycles. The summed E-state index contributed by atoms with van der Waals surface area (Å²) in [6.45, 7) is 6.14. The first-order valence-corrected chi connectivity index (χ1v) is 11.2. The van der Waals surface area contributed by atoms with Crippen LogP contribution in [0.2, 0.25) is 0 Å². The number of alkyl halides is 3. The second-order valence-electron chi connectivity index (χ2n) is 6.98. The van der Waals surface area contributed by atoms with Gasteiger partial charge < -0.3 is 16.0 Å². The fourth-order valence-corrected chi connectivity index (χ4v) is 3.21. The van der Waals surface area contributed by atoms with Crippen LogP contribution in [-0.4, -0.2) is 21.0 Å². The summed E-state index contributed by atoms with van der Waals surface area (Å²) >= 11 is 23.4. The van der Waals surface area contributed by atoms with Crippen molar-refractivity contribution in [1.29, 1.82) is 0 Å². The summed E-state index contributed by atoms with van der Waals surface area (Å²) in [5, 5.41) is 8.98. The van der Waals surface area contributed by atoms with Gasteiger partial charge in [0.1, 0.15) is 6.17 Å². The minimum absolute atomic E-state index is 0.172. The van der Waals surface area contributed by atoms with Crippen LogP contribution in [0, 0.1) is 13.8 Å². The molecule has 0 bridgehead atoms. The number of thiocarbonyl (C=S) groups is 1. The molecule has 0 aromatic heterocycles. The van der Waals surface area contributed by atoms with Gasteiger partial charge in [-0.15, -0.1) is 0 Å². The van der Waals surface area contributed by atoms with Gasteiger partial charge in [-0.3, -0.25) is 4.79 Å². The second kappa shape index (κ2) is 12.7. The highest BCUT2D eigenvalue weighted by Gasteiger charge is 2.34. The van der Waals surface area contributed by atoms with Crippen LogP contribution in [0.15, 0.2) is 18.2 Å². The van der Waals surface area contributed by atoms with E-state index in [9.17, 15) is 4.79 Å². The summed E-state index contributed by atoms with van der Waals surface area (Å²) < 4.78 is -1.75. The largest absolute Gasteiger partial charge is 0.339 e. The highest BCUT2D eigenvalue weighted by molar-refractivity contribution is 7.80. The van der Waals surface area contributed by atoms with Crippen LogP contribution < -0.4 is 16.0 Å². The van der Waals surface area contributed by atoms with Crippen molar-refractivity contribution >= 4 is 63.7 Å². The Balaban J connectivity index is 2.55. The van der Waals surface area contributed by atoms with Gasteiger partial charge >= 0.3 is 0 Å². The van der Waals surface area contributed by atoms with Gasteiger partial charge in [0, 0.05) is 12.1 Å². The fraction of sp³-hybridized carbons (Fsp3) is 0.600. The molecule has 0 heterocycles. The van der Waals surface area contributed by atoms with Crippen molar-refractivity contribution in [3.05, 3.63) is 29.3 Å². The highest BCUT2D eigenvalue weighted by Crippen LogP contribution is 2.29. The van der Waals surface area contributed by atoms with Gasteiger partial charge in [-0.1, -0.05) is 86.0 Å². The van der Waals surface area contributed by atoms with E-state index in [4.69, 9.17) is 47.0 Å². The number of unbranched alkanes of at least 4 members (excludes halogenated alkanes) is 5. The van der Waals surface area contributed by atoms with Crippen molar-refractivity contribution in [2.24, 2.45) is 0 Å². The molecule has 0 saturated carbocycles. The SMILES string of the molecule is CCCCCCCCC(=O)N[C@@H](NC(=S)Nc1cc(C)ccc1C)C(Cl)(Cl)Cl. The summed E-state index contributed by atoms with van der Waals surface area (Å²) in [5.74, 6) is -0.172. The van der Waals surface area contributed by atoms with Gasteiger partial charge in [-0.05, 0) is 49.7 Å². The number of nitrogens with one attached hydrogen (secondary N) is 3. The topological polar surface area (TPSA) is 53.2 Å². The monoisotopic (exact) mass is 465 g/mol. The van der Waals surface area contributed by atoms with Gasteiger partial charge in [0.15, 0.2) is 5.11 Å². The summed E-state index contributed by atoms with van der Waals surface area (Å²) in [6, 6.07) is 5.99. The number of hydrogen-bond donors (Lipinski definition) is 3. The molecule has 0 aliphatic rings. The maximum Gasteiger partial charge on any atom is 0.228 e. The zero-order valence-electron chi connectivity index (χ0n) is 16.7. The number of halogens is 3. The molecule has 4 nitrogen and oxygen atoms in total. The van der Waals surface area contributed by atoms with Crippen LogP contribution in [0.3, 0.4) is 0 Å². The summed E-state index contributed by atoms with van der Waals surface area (Å²) in [5.41, 5.74) is 2.99. The lowest BCUT2D eigenvalue weighted by atomic mass is 10.1. The Hall–Kier alpha value is -0.750. The minimum Gasteiger partial charge on any atom is -0.339 e. The van der Waals surface area contributed by atoms with E-state index in [0.29, 0.717) is 6.42 Å². The molecule has 1 aromatic rings. The third-order valence-electron chi connectivity index (χ3n) is 4.31. The van der Waals surface area contributed by atoms with Gasteiger partial charge in [0.25, 0.3) is 0 Å². The average molecular weight is 467 g/mol. The number of anilines is 1. The maximum absolute atomic E-state index is 12.2. The molecular weight excluding hydrogens is 437 g/mol. The number of benzene rings is 1. The van der Waals surface area contributed by atoms with E-state index in [2.05, 4.69) is 22.9 Å². The van der Waals surface area contributed by atoms with E-state index in [-0.39, 0.29) is 11.0 Å². The lowest BCUT2D eigenvalue weighted by molar-refractivity contribution is -0.122. The average Bonchev–Trinajstić information content (AvgIpc) is 2.60. The molecule has 0 radical (unpaired) electrons. The van der Waals surface area contributed by atoms with Crippen LogP contribution in [0.25, 0.3) is 0 Å². The van der Waals surface area contributed by atoms with E-state index in [1.807, 2.05) is 32.0 Å². The van der Waals surface area contributed by atoms with Crippen molar-refractivity contribution < 1.29 is 4.79 Å². The second-order valence-corrected chi connectivity index (χ2v) is 9.75. The minimum atomic E-state index is -1.75. The third kappa shape index (κ3) is 10.1. The van der Waals surface area contributed by atoms with Crippen LogP contribution in [0.4, 0.5) is 5.69 Å². The van der Waals surface area contributed by atoms with E-state index >= 15 is 0 Å². The Morgan fingerprint density at radius 2 is 1.71 bits per heavy atom. The molecular formula is C20H30Cl3N3OS. The molecule has 0 saturated heterocycles. The fourth-order valence-electron chi connectivity index (χ4n) is 2.66. The Bertz CT molecular complexity index is 650. The highest BCUT2D eigenvalue weighted by atomic mass is 35.6. The van der Waals surface area contributed by atoms with E-state index in [1.54, 1.807) is 0 Å². The smallest absolute Gasteiger partial charge is 0.228 e. The molecule has 1 rings (SSSR count). The molecule has 158 valence electrons. The number of carbonyl (C=O) groups excluding carboxylic acids is 1. The number of rotatable bonds is 10. The van der Waals surface area contributed by atoms with Crippen LogP contribution in [0.1, 0.15) is 63.0 Å². The Kier molecular flexibility index (Phi) is 11.5. The van der Waals surface area contributed by atoms with Crippen molar-refractivity contribution in [2.45, 2.75) is 75.7 Å². The summed E-state index contributed by atoms with van der Waals surface area (Å²) in [6.07, 6.45) is 6.06. The van der Waals surface area contributed by atoms with Crippen molar-refractivity contribution in [3.8, 4) is 0 Å². The van der Waals surface area contributed by atoms with Gasteiger partial charge in [0.05, 0.1) is 0 Å². The third-order valence-corrected chi connectivity index (χ3v) is 5.18. The van der Waals surface area contributed by atoms with Crippen molar-refractivity contribution in [2.75, 3.05) is 5.32 Å². The molecule has 1 amide bonds. The Morgan fingerprint density at radius 3 is 2.36 bits per heavy atom. The lowest BCUT2D eigenvalue weighted by Crippen LogP contribution is -2.56. The van der Waals surface area contributed by atoms with Crippen molar-refractivity contribution in [3.63, 3.8) is 0 Å². The predicted octanol–water partition coefficient (Wildman–Crippen LogP) is 6.15. The molecule has 1 atom stereocenters. The van der Waals surface area contributed by atoms with E-state index < -0.39 is 9.96 Å². The van der Waals surface area contributed by atoms with Gasteiger partial charge in [-0.25, -0.2) is 0 Å². The Morgan fingerprint density at radius 1 is 1.07 bits per heavy atom. The number of hydrogen-bond acceptors (Lipinski definition) is 2. The number of amides is 1. The lowest BCUT2D eigenvalue weighted by Gasteiger charge is -2.28. The normalized spacial score (nSPS) is 12.4. The van der Waals surface area contributed by atoms with E-state index in [0.717, 1.165) is 36.1 Å². The molecule has 0 spiro atoms. The molecule has 0 unspecified atom stereocenters. The number of carbonyl (C=O) groups is 1. The van der Waals surface area contributed by atoms with Gasteiger partial charge in [0.2, 0.25) is 9.70 Å². The maximum atomic E-state index is 12.2. The van der Waals surface area contributed by atoms with Crippen LogP contribution in [0.5, 0.6) is 0 Å².